The van der Waals surface area contributed by atoms with Crippen molar-refractivity contribution in [2.45, 2.75) is 38.6 Å². The Bertz CT molecular complexity index is 732. The van der Waals surface area contributed by atoms with Gasteiger partial charge in [-0.1, -0.05) is 54.8 Å². The van der Waals surface area contributed by atoms with Gasteiger partial charge >= 0.3 is 0 Å². The van der Waals surface area contributed by atoms with Crippen LogP contribution in [0.15, 0.2) is 36.4 Å². The number of anilines is 2. The first-order valence-corrected chi connectivity index (χ1v) is 9.82. The number of nitrogens with one attached hydrogen (secondary N) is 2. The molecular weight excluding hydrogens is 366 g/mol. The Morgan fingerprint density at radius 2 is 1.81 bits per heavy atom. The van der Waals surface area contributed by atoms with Crippen molar-refractivity contribution in [3.63, 3.8) is 0 Å². The lowest BCUT2D eigenvalue weighted by Gasteiger charge is -2.22. The van der Waals surface area contributed by atoms with Crippen molar-refractivity contribution < 1.29 is 0 Å². The molecule has 1 atom stereocenters. The van der Waals surface area contributed by atoms with E-state index in [1.807, 2.05) is 24.3 Å². The highest BCUT2D eigenvalue weighted by molar-refractivity contribution is 7.80. The summed E-state index contributed by atoms with van der Waals surface area (Å²) >= 11 is 11.6. The second-order valence-electron chi connectivity index (χ2n) is 6.50. The van der Waals surface area contributed by atoms with Gasteiger partial charge in [0.15, 0.2) is 5.11 Å². The number of aromatic nitrogens is 2. The average molecular weight is 390 g/mol. The molecular formula is C19H24ClN5S. The van der Waals surface area contributed by atoms with E-state index in [2.05, 4.69) is 44.6 Å². The minimum absolute atomic E-state index is 0.0838. The second-order valence-corrected chi connectivity index (χ2v) is 7.30. The number of halogens is 1. The van der Waals surface area contributed by atoms with Crippen LogP contribution in [0.2, 0.25) is 5.15 Å². The molecule has 1 aliphatic rings. The molecule has 138 valence electrons. The van der Waals surface area contributed by atoms with Crippen LogP contribution in [0.4, 0.5) is 11.8 Å². The third kappa shape index (κ3) is 5.29. The third-order valence-corrected chi connectivity index (χ3v) is 4.90. The molecule has 0 aliphatic carbocycles. The van der Waals surface area contributed by atoms with Gasteiger partial charge in [0.25, 0.3) is 0 Å². The number of hydrogen-bond acceptors (Lipinski definition) is 4. The van der Waals surface area contributed by atoms with E-state index in [0.717, 1.165) is 24.5 Å². The van der Waals surface area contributed by atoms with Crippen LogP contribution >= 0.6 is 23.8 Å². The van der Waals surface area contributed by atoms with E-state index >= 15 is 0 Å². The van der Waals surface area contributed by atoms with Gasteiger partial charge in [0.2, 0.25) is 5.95 Å². The maximum Gasteiger partial charge on any atom is 0.232 e. The predicted octanol–water partition coefficient (Wildman–Crippen LogP) is 4.56. The van der Waals surface area contributed by atoms with Crippen molar-refractivity contribution in [2.24, 2.45) is 0 Å². The first-order valence-electron chi connectivity index (χ1n) is 9.04. The fourth-order valence-corrected chi connectivity index (χ4v) is 3.53. The Morgan fingerprint density at radius 1 is 1.12 bits per heavy atom. The highest BCUT2D eigenvalue weighted by Crippen LogP contribution is 2.22. The summed E-state index contributed by atoms with van der Waals surface area (Å²) in [4.78, 5) is 11.1. The van der Waals surface area contributed by atoms with Crippen LogP contribution in [-0.2, 0) is 0 Å². The van der Waals surface area contributed by atoms with Crippen molar-refractivity contribution in [3.8, 4) is 0 Å². The van der Waals surface area contributed by atoms with Gasteiger partial charge in [-0.25, -0.2) is 4.98 Å². The molecule has 0 bridgehead atoms. The fraction of sp³-hybridized carbons (Fsp3) is 0.421. The lowest BCUT2D eigenvalue weighted by Crippen LogP contribution is -2.32. The standard InChI is InChI=1S/C19H24ClN5S/c1-14(15-9-5-4-6-10-15)21-19(26)24-18-22-16(20)13-17(23-18)25-11-7-2-3-8-12-25/h4-6,9-10,13-14H,2-3,7-8,11-12H2,1H3,(H2,21,22,23,24,26)/t14-/m0/s1. The van der Waals surface area contributed by atoms with E-state index in [0.29, 0.717) is 16.2 Å². The number of thiocarbonyl (C=S) groups is 1. The fourth-order valence-electron chi connectivity index (χ4n) is 3.08. The Balaban J connectivity index is 1.66. The van der Waals surface area contributed by atoms with Gasteiger partial charge in [0.1, 0.15) is 11.0 Å². The monoisotopic (exact) mass is 389 g/mol. The molecule has 1 aromatic heterocycles. The molecule has 0 radical (unpaired) electrons. The van der Waals surface area contributed by atoms with E-state index in [1.54, 1.807) is 0 Å². The molecule has 2 N–H and O–H groups in total. The summed E-state index contributed by atoms with van der Waals surface area (Å²) in [5.74, 6) is 1.28. The maximum atomic E-state index is 6.21. The molecule has 3 rings (SSSR count). The van der Waals surface area contributed by atoms with Crippen LogP contribution in [0.1, 0.15) is 44.2 Å². The minimum Gasteiger partial charge on any atom is -0.356 e. The van der Waals surface area contributed by atoms with Crippen molar-refractivity contribution in [1.82, 2.24) is 15.3 Å². The predicted molar refractivity (Wildman–Crippen MR) is 112 cm³/mol. The minimum atomic E-state index is 0.0838. The topological polar surface area (TPSA) is 53.1 Å². The Hall–Kier alpha value is -1.92. The molecule has 1 aliphatic heterocycles. The highest BCUT2D eigenvalue weighted by atomic mass is 35.5. The maximum absolute atomic E-state index is 6.21. The quantitative estimate of drug-likeness (QED) is 0.590. The lowest BCUT2D eigenvalue weighted by atomic mass is 10.1. The van der Waals surface area contributed by atoms with Crippen LogP contribution < -0.4 is 15.5 Å². The zero-order valence-electron chi connectivity index (χ0n) is 14.9. The zero-order chi connectivity index (χ0) is 18.4. The van der Waals surface area contributed by atoms with E-state index in [1.165, 1.54) is 25.7 Å². The highest BCUT2D eigenvalue weighted by Gasteiger charge is 2.14. The third-order valence-electron chi connectivity index (χ3n) is 4.48. The molecule has 1 saturated heterocycles. The van der Waals surface area contributed by atoms with Gasteiger partial charge in [-0.3, -0.25) is 0 Å². The van der Waals surface area contributed by atoms with Crippen LogP contribution in [0, 0.1) is 0 Å². The van der Waals surface area contributed by atoms with E-state index in [4.69, 9.17) is 23.8 Å². The van der Waals surface area contributed by atoms with Gasteiger partial charge in [-0.05, 0) is 37.5 Å². The average Bonchev–Trinajstić information content (AvgIpc) is 2.91. The van der Waals surface area contributed by atoms with E-state index in [-0.39, 0.29) is 6.04 Å². The molecule has 5 nitrogen and oxygen atoms in total. The molecule has 1 aromatic carbocycles. The Labute approximate surface area is 165 Å². The largest absolute Gasteiger partial charge is 0.356 e. The molecule has 0 spiro atoms. The molecule has 0 saturated carbocycles. The van der Waals surface area contributed by atoms with Crippen molar-refractivity contribution >= 4 is 40.7 Å². The van der Waals surface area contributed by atoms with Gasteiger partial charge in [-0.2, -0.15) is 4.98 Å². The Kier molecular flexibility index (Phi) is 6.63. The molecule has 26 heavy (non-hydrogen) atoms. The van der Waals surface area contributed by atoms with Gasteiger partial charge < -0.3 is 15.5 Å². The normalized spacial score (nSPS) is 15.8. The van der Waals surface area contributed by atoms with Crippen LogP contribution in [0.3, 0.4) is 0 Å². The van der Waals surface area contributed by atoms with Gasteiger partial charge in [0, 0.05) is 19.2 Å². The van der Waals surface area contributed by atoms with E-state index < -0.39 is 0 Å². The van der Waals surface area contributed by atoms with Crippen molar-refractivity contribution in [1.29, 1.82) is 0 Å². The summed E-state index contributed by atoms with van der Waals surface area (Å²) in [6.45, 7) is 4.06. The van der Waals surface area contributed by atoms with Crippen molar-refractivity contribution in [2.75, 3.05) is 23.3 Å². The molecule has 2 aromatic rings. The van der Waals surface area contributed by atoms with Crippen LogP contribution in [0.25, 0.3) is 0 Å². The summed E-state index contributed by atoms with van der Waals surface area (Å²) in [6.07, 6.45) is 4.90. The number of hydrogen-bond donors (Lipinski definition) is 2. The summed E-state index contributed by atoms with van der Waals surface area (Å²) in [6, 6.07) is 12.1. The van der Waals surface area contributed by atoms with Gasteiger partial charge in [0.05, 0.1) is 6.04 Å². The first-order chi connectivity index (χ1) is 12.6. The summed E-state index contributed by atoms with van der Waals surface area (Å²) in [7, 11) is 0. The number of benzene rings is 1. The van der Waals surface area contributed by atoms with Crippen LogP contribution in [-0.4, -0.2) is 28.2 Å². The zero-order valence-corrected chi connectivity index (χ0v) is 16.5. The van der Waals surface area contributed by atoms with Gasteiger partial charge in [-0.15, -0.1) is 0 Å². The molecule has 1 fully saturated rings. The summed E-state index contributed by atoms with van der Waals surface area (Å²) in [5.41, 5.74) is 1.16. The molecule has 7 heteroatoms. The lowest BCUT2D eigenvalue weighted by molar-refractivity contribution is 0.722. The second kappa shape index (κ2) is 9.14. The molecule has 0 amide bonds. The SMILES string of the molecule is C[C@H](NC(=S)Nc1nc(Cl)cc(N2CCCCCC2)n1)c1ccccc1. The smallest absolute Gasteiger partial charge is 0.232 e. The molecule has 2 heterocycles. The number of nitrogens with zero attached hydrogens (tertiary/aromatic N) is 3. The van der Waals surface area contributed by atoms with Crippen molar-refractivity contribution in [3.05, 3.63) is 47.1 Å². The summed E-state index contributed by atoms with van der Waals surface area (Å²) < 4.78 is 0. The van der Waals surface area contributed by atoms with Crippen LogP contribution in [0.5, 0.6) is 0 Å². The summed E-state index contributed by atoms with van der Waals surface area (Å²) in [5, 5.41) is 7.22. The molecule has 0 unspecified atom stereocenters. The number of rotatable bonds is 4. The first kappa shape index (κ1) is 18.9. The Morgan fingerprint density at radius 3 is 2.50 bits per heavy atom. The van der Waals surface area contributed by atoms with E-state index in [9.17, 15) is 0 Å².